The predicted octanol–water partition coefficient (Wildman–Crippen LogP) is 3.38. The molecule has 0 unspecified atom stereocenters. The Hall–Kier alpha value is -3.31. The van der Waals surface area contributed by atoms with Crippen molar-refractivity contribution >= 4 is 39.0 Å². The first-order chi connectivity index (χ1) is 15.2. The van der Waals surface area contributed by atoms with Gasteiger partial charge in [-0.15, -0.1) is 11.3 Å². The second-order valence-electron chi connectivity index (χ2n) is 6.52. The zero-order valence-corrected chi connectivity index (χ0v) is 19.2. The third kappa shape index (κ3) is 5.29. The molecule has 2 heterocycles. The fraction of sp³-hybridized carbons (Fsp3) is 0.238. The van der Waals surface area contributed by atoms with Gasteiger partial charge in [-0.25, -0.2) is 18.0 Å². The molecule has 1 aromatic carbocycles. The minimum absolute atomic E-state index is 0.162. The molecule has 170 valence electrons. The molecule has 0 bridgehead atoms. The highest BCUT2D eigenvalue weighted by Gasteiger charge is 2.22. The zero-order valence-electron chi connectivity index (χ0n) is 17.6. The number of sulfonamides is 1. The number of anilines is 1. The Morgan fingerprint density at radius 1 is 1.16 bits per heavy atom. The van der Waals surface area contributed by atoms with Gasteiger partial charge in [0.1, 0.15) is 33.6 Å². The zero-order chi connectivity index (χ0) is 23.3. The lowest BCUT2D eigenvalue weighted by Gasteiger charge is -2.18. The van der Waals surface area contributed by atoms with Gasteiger partial charge in [-0.05, 0) is 48.7 Å². The van der Waals surface area contributed by atoms with Crippen LogP contribution in [-0.4, -0.2) is 41.1 Å². The number of methoxy groups -OCH3 is 1. The molecule has 0 saturated carbocycles. The van der Waals surface area contributed by atoms with E-state index in [4.69, 9.17) is 13.9 Å². The molecule has 3 aromatic rings. The van der Waals surface area contributed by atoms with E-state index in [1.165, 1.54) is 24.5 Å². The molecule has 0 saturated heterocycles. The van der Waals surface area contributed by atoms with Gasteiger partial charge in [0.15, 0.2) is 6.61 Å². The van der Waals surface area contributed by atoms with E-state index in [0.29, 0.717) is 23.0 Å². The van der Waals surface area contributed by atoms with Crippen molar-refractivity contribution in [3.63, 3.8) is 0 Å². The summed E-state index contributed by atoms with van der Waals surface area (Å²) in [6.07, 6.45) is 0. The van der Waals surface area contributed by atoms with Crippen LogP contribution in [-0.2, 0) is 30.9 Å². The van der Waals surface area contributed by atoms with Gasteiger partial charge in [0.2, 0.25) is 0 Å². The Kier molecular flexibility index (Phi) is 7.21. The summed E-state index contributed by atoms with van der Waals surface area (Å²) in [5, 5.41) is 1.70. The number of hydrogen-bond donors (Lipinski definition) is 0. The predicted molar refractivity (Wildman–Crippen MR) is 116 cm³/mol. The van der Waals surface area contributed by atoms with E-state index in [1.54, 1.807) is 48.7 Å². The Morgan fingerprint density at radius 3 is 2.50 bits per heavy atom. The van der Waals surface area contributed by atoms with Crippen LogP contribution in [0.15, 0.2) is 56.5 Å². The van der Waals surface area contributed by atoms with Crippen LogP contribution in [0.3, 0.4) is 0 Å². The molecule has 0 amide bonds. The minimum atomic E-state index is -3.63. The number of furan rings is 1. The van der Waals surface area contributed by atoms with Gasteiger partial charge in [0.25, 0.3) is 10.0 Å². The molecule has 2 aromatic heterocycles. The van der Waals surface area contributed by atoms with Crippen LogP contribution in [0.2, 0.25) is 0 Å². The van der Waals surface area contributed by atoms with Crippen LogP contribution in [0, 0.1) is 6.92 Å². The summed E-state index contributed by atoms with van der Waals surface area (Å²) in [5.74, 6) is -0.139. The van der Waals surface area contributed by atoms with E-state index in [2.05, 4.69) is 4.74 Å². The maximum Gasteiger partial charge on any atom is 0.344 e. The van der Waals surface area contributed by atoms with E-state index >= 15 is 0 Å². The maximum atomic E-state index is 12.6. The van der Waals surface area contributed by atoms with Gasteiger partial charge in [0.05, 0.1) is 12.8 Å². The number of carbonyl (C=O) groups is 2. The topological polar surface area (TPSA) is 112 Å². The number of rotatable bonds is 9. The fourth-order valence-electron chi connectivity index (χ4n) is 2.70. The lowest BCUT2D eigenvalue weighted by atomic mass is 10.2. The van der Waals surface area contributed by atoms with Crippen molar-refractivity contribution in [2.75, 3.05) is 25.1 Å². The molecule has 0 aliphatic carbocycles. The van der Waals surface area contributed by atoms with Crippen LogP contribution >= 0.6 is 11.3 Å². The van der Waals surface area contributed by atoms with Gasteiger partial charge in [-0.3, -0.25) is 4.31 Å². The molecule has 0 aliphatic rings. The average molecular weight is 480 g/mol. The van der Waals surface area contributed by atoms with E-state index in [9.17, 15) is 18.0 Å². The molecule has 0 aliphatic heterocycles. The van der Waals surface area contributed by atoms with E-state index in [0.717, 1.165) is 11.3 Å². The molecular formula is C21H21NO8S2. The van der Waals surface area contributed by atoms with Crippen molar-refractivity contribution in [2.24, 2.45) is 0 Å². The van der Waals surface area contributed by atoms with E-state index in [1.807, 2.05) is 0 Å². The van der Waals surface area contributed by atoms with Crippen LogP contribution in [0.4, 0.5) is 5.69 Å². The maximum absolute atomic E-state index is 12.6. The summed E-state index contributed by atoms with van der Waals surface area (Å²) in [6.45, 7) is 1.09. The van der Waals surface area contributed by atoms with Crippen molar-refractivity contribution < 1.29 is 36.6 Å². The van der Waals surface area contributed by atoms with Gasteiger partial charge < -0.3 is 18.6 Å². The lowest BCUT2D eigenvalue weighted by Crippen LogP contribution is -2.25. The van der Waals surface area contributed by atoms with Crippen LogP contribution in [0.25, 0.3) is 0 Å². The SMILES string of the molecule is COC(=O)c1cc(COC(=O)COc2ccc(N(C)S(=O)(=O)c3cccs3)cc2)oc1C. The molecule has 11 heteroatoms. The molecule has 3 rings (SSSR count). The molecule has 0 atom stereocenters. The summed E-state index contributed by atoms with van der Waals surface area (Å²) in [5.41, 5.74) is 0.712. The van der Waals surface area contributed by atoms with Crippen LogP contribution < -0.4 is 9.04 Å². The molecule has 32 heavy (non-hydrogen) atoms. The number of aryl methyl sites for hydroxylation is 1. The van der Waals surface area contributed by atoms with Gasteiger partial charge in [-0.1, -0.05) is 6.07 Å². The number of ether oxygens (including phenoxy) is 3. The van der Waals surface area contributed by atoms with Gasteiger partial charge in [0, 0.05) is 7.05 Å². The fourth-order valence-corrected chi connectivity index (χ4v) is 5.06. The largest absolute Gasteiger partial charge is 0.482 e. The monoisotopic (exact) mass is 479 g/mol. The van der Waals surface area contributed by atoms with Crippen LogP contribution in [0.1, 0.15) is 21.9 Å². The van der Waals surface area contributed by atoms with Gasteiger partial charge in [-0.2, -0.15) is 0 Å². The minimum Gasteiger partial charge on any atom is -0.482 e. The Labute approximate surface area is 189 Å². The highest BCUT2D eigenvalue weighted by atomic mass is 32.2. The number of esters is 2. The summed E-state index contributed by atoms with van der Waals surface area (Å²) in [4.78, 5) is 23.5. The highest BCUT2D eigenvalue weighted by molar-refractivity contribution is 7.94. The van der Waals surface area contributed by atoms with Crippen molar-refractivity contribution in [1.29, 1.82) is 0 Å². The van der Waals surface area contributed by atoms with Gasteiger partial charge >= 0.3 is 11.9 Å². The third-order valence-electron chi connectivity index (χ3n) is 4.42. The molecule has 9 nitrogen and oxygen atoms in total. The first-order valence-electron chi connectivity index (χ1n) is 9.31. The average Bonchev–Trinajstić information content (AvgIpc) is 3.46. The molecule has 0 fully saturated rings. The second-order valence-corrected chi connectivity index (χ2v) is 9.67. The standard InChI is InChI=1S/C21H21NO8S2/c1-14-18(21(24)27-3)11-17(30-14)12-29-19(23)13-28-16-8-6-15(7-9-16)22(2)32(25,26)20-5-4-10-31-20/h4-11H,12-13H2,1-3H3. The Balaban J connectivity index is 1.52. The third-order valence-corrected chi connectivity index (χ3v) is 7.57. The first kappa shape index (κ1) is 23.4. The Bertz CT molecular complexity index is 1180. The normalized spacial score (nSPS) is 11.1. The lowest BCUT2D eigenvalue weighted by molar-refractivity contribution is -0.147. The van der Waals surface area contributed by atoms with E-state index < -0.39 is 22.0 Å². The molecule has 0 N–H and O–H groups in total. The molecular weight excluding hydrogens is 458 g/mol. The summed E-state index contributed by atoms with van der Waals surface area (Å²) < 4.78 is 47.0. The second kappa shape index (κ2) is 9.88. The first-order valence-corrected chi connectivity index (χ1v) is 11.6. The number of carbonyl (C=O) groups excluding carboxylic acids is 2. The van der Waals surface area contributed by atoms with Crippen LogP contribution in [0.5, 0.6) is 5.75 Å². The summed E-state index contributed by atoms with van der Waals surface area (Å²) in [6, 6.07) is 10.9. The summed E-state index contributed by atoms with van der Waals surface area (Å²) >= 11 is 1.14. The number of nitrogens with zero attached hydrogens (tertiary/aromatic N) is 1. The number of hydrogen-bond acceptors (Lipinski definition) is 9. The van der Waals surface area contributed by atoms with Crippen molar-refractivity contribution in [3.8, 4) is 5.75 Å². The molecule has 0 radical (unpaired) electrons. The Morgan fingerprint density at radius 2 is 1.88 bits per heavy atom. The highest BCUT2D eigenvalue weighted by Crippen LogP contribution is 2.26. The quantitative estimate of drug-likeness (QED) is 0.429. The number of benzene rings is 1. The van der Waals surface area contributed by atoms with Crippen molar-refractivity contribution in [2.45, 2.75) is 17.7 Å². The van der Waals surface area contributed by atoms with Crippen molar-refractivity contribution in [3.05, 3.63) is 64.9 Å². The smallest absolute Gasteiger partial charge is 0.344 e. The summed E-state index contributed by atoms with van der Waals surface area (Å²) in [7, 11) is -0.905. The molecule has 0 spiro atoms. The van der Waals surface area contributed by atoms with E-state index in [-0.39, 0.29) is 23.0 Å². The number of thiophene rings is 1. The van der Waals surface area contributed by atoms with Crippen molar-refractivity contribution in [1.82, 2.24) is 0 Å².